The summed E-state index contributed by atoms with van der Waals surface area (Å²) in [5, 5.41) is 19.1. The molecule has 100 valence electrons. The van der Waals surface area contributed by atoms with Crippen LogP contribution in [-0.2, 0) is 13.2 Å². The number of rotatable bonds is 4. The number of benzene rings is 1. The van der Waals surface area contributed by atoms with Crippen molar-refractivity contribution in [2.45, 2.75) is 20.1 Å². The molecule has 0 spiro atoms. The summed E-state index contributed by atoms with van der Waals surface area (Å²) in [4.78, 5) is 4.09. The van der Waals surface area contributed by atoms with Crippen LogP contribution in [0.25, 0.3) is 0 Å². The molecule has 0 radical (unpaired) electrons. The summed E-state index contributed by atoms with van der Waals surface area (Å²) in [7, 11) is 0. The van der Waals surface area contributed by atoms with Crippen LogP contribution in [0.15, 0.2) is 30.5 Å². The van der Waals surface area contributed by atoms with Crippen LogP contribution in [0, 0.1) is 6.92 Å². The second-order valence-corrected chi connectivity index (χ2v) is 4.18. The molecule has 1 aromatic carbocycles. The van der Waals surface area contributed by atoms with Gasteiger partial charge < -0.3 is 20.7 Å². The lowest BCUT2D eigenvalue weighted by Gasteiger charge is -2.12. The summed E-state index contributed by atoms with van der Waals surface area (Å²) >= 11 is 0. The van der Waals surface area contributed by atoms with E-state index < -0.39 is 0 Å². The molecule has 0 fully saturated rings. The van der Waals surface area contributed by atoms with Crippen molar-refractivity contribution in [1.82, 2.24) is 4.98 Å². The molecule has 0 saturated carbocycles. The molecule has 5 heteroatoms. The monoisotopic (exact) mass is 260 g/mol. The fraction of sp³-hybridized carbons (Fsp3) is 0.214. The smallest absolute Gasteiger partial charge is 0.141 e. The van der Waals surface area contributed by atoms with Crippen LogP contribution < -0.4 is 10.5 Å². The first-order valence-electron chi connectivity index (χ1n) is 5.90. The van der Waals surface area contributed by atoms with Crippen LogP contribution in [0.4, 0.5) is 0 Å². The average molecular weight is 260 g/mol. The molecule has 0 aliphatic rings. The Morgan fingerprint density at radius 3 is 2.53 bits per heavy atom. The number of phenols is 1. The second kappa shape index (κ2) is 5.58. The number of nitrogens with two attached hydrogens (primary N) is 1. The van der Waals surface area contributed by atoms with Gasteiger partial charge in [-0.3, -0.25) is 4.98 Å². The van der Waals surface area contributed by atoms with E-state index in [1.807, 2.05) is 0 Å². The zero-order valence-electron chi connectivity index (χ0n) is 10.6. The maximum Gasteiger partial charge on any atom is 0.141 e. The van der Waals surface area contributed by atoms with Crippen molar-refractivity contribution in [3.8, 4) is 17.2 Å². The summed E-state index contributed by atoms with van der Waals surface area (Å²) in [5.74, 6) is 0.930. The van der Waals surface area contributed by atoms with Gasteiger partial charge in [-0.05, 0) is 31.2 Å². The van der Waals surface area contributed by atoms with E-state index in [9.17, 15) is 10.2 Å². The fourth-order valence-corrected chi connectivity index (χ4v) is 1.74. The molecule has 0 aliphatic heterocycles. The Labute approximate surface area is 111 Å². The number of pyridine rings is 1. The summed E-state index contributed by atoms with van der Waals surface area (Å²) in [6, 6.07) is 6.42. The van der Waals surface area contributed by atoms with Gasteiger partial charge >= 0.3 is 0 Å². The lowest BCUT2D eigenvalue weighted by Crippen LogP contribution is -2.07. The molecule has 2 rings (SSSR count). The van der Waals surface area contributed by atoms with E-state index in [-0.39, 0.29) is 24.7 Å². The minimum Gasteiger partial charge on any atom is -0.508 e. The number of phenolic OH excluding ortho intramolecular Hbond substituents is 1. The van der Waals surface area contributed by atoms with Gasteiger partial charge in [-0.15, -0.1) is 0 Å². The highest BCUT2D eigenvalue weighted by Crippen LogP contribution is 2.24. The first-order chi connectivity index (χ1) is 9.11. The molecule has 1 heterocycles. The lowest BCUT2D eigenvalue weighted by molar-refractivity contribution is 0.302. The standard InChI is InChI=1S/C14H16N2O3/c1-9-14(18)13(6-15)10(7-16-9)8-19-12-4-2-11(17)3-5-12/h2-5,7,17-18H,6,8,15H2,1H3. The number of ether oxygens (including phenoxy) is 1. The van der Waals surface area contributed by atoms with Crippen molar-refractivity contribution in [1.29, 1.82) is 0 Å². The van der Waals surface area contributed by atoms with Gasteiger partial charge in [-0.2, -0.15) is 0 Å². The highest BCUT2D eigenvalue weighted by atomic mass is 16.5. The number of hydrogen-bond acceptors (Lipinski definition) is 5. The average Bonchev–Trinajstić information content (AvgIpc) is 2.42. The number of aromatic nitrogens is 1. The maximum absolute atomic E-state index is 9.88. The van der Waals surface area contributed by atoms with E-state index in [4.69, 9.17) is 10.5 Å². The summed E-state index contributed by atoms with van der Waals surface area (Å²) in [6.45, 7) is 2.21. The molecule has 0 atom stereocenters. The molecule has 4 N–H and O–H groups in total. The van der Waals surface area contributed by atoms with Gasteiger partial charge in [0.2, 0.25) is 0 Å². The Morgan fingerprint density at radius 1 is 1.21 bits per heavy atom. The van der Waals surface area contributed by atoms with Gasteiger partial charge in [0.1, 0.15) is 23.9 Å². The molecule has 0 unspecified atom stereocenters. The predicted octanol–water partition coefficient (Wildman–Crippen LogP) is 1.84. The fourth-order valence-electron chi connectivity index (χ4n) is 1.74. The van der Waals surface area contributed by atoms with Gasteiger partial charge in [-0.25, -0.2) is 0 Å². The SMILES string of the molecule is Cc1ncc(COc2ccc(O)cc2)c(CN)c1O. The van der Waals surface area contributed by atoms with E-state index in [0.717, 1.165) is 5.56 Å². The molecule has 0 aliphatic carbocycles. The van der Waals surface area contributed by atoms with E-state index >= 15 is 0 Å². The zero-order valence-corrected chi connectivity index (χ0v) is 10.6. The Morgan fingerprint density at radius 2 is 1.89 bits per heavy atom. The molecular weight excluding hydrogens is 244 g/mol. The first-order valence-corrected chi connectivity index (χ1v) is 5.90. The number of nitrogens with zero attached hydrogens (tertiary/aromatic N) is 1. The van der Waals surface area contributed by atoms with Crippen molar-refractivity contribution in [2.75, 3.05) is 0 Å². The third-order valence-corrected chi connectivity index (χ3v) is 2.87. The highest BCUT2D eigenvalue weighted by molar-refractivity contribution is 5.40. The zero-order chi connectivity index (χ0) is 13.8. The van der Waals surface area contributed by atoms with Crippen LogP contribution in [-0.4, -0.2) is 15.2 Å². The quantitative estimate of drug-likeness (QED) is 0.780. The molecule has 0 saturated heterocycles. The van der Waals surface area contributed by atoms with Crippen LogP contribution in [0.1, 0.15) is 16.8 Å². The highest BCUT2D eigenvalue weighted by Gasteiger charge is 2.10. The summed E-state index contributed by atoms with van der Waals surface area (Å²) in [5.41, 5.74) is 7.58. The van der Waals surface area contributed by atoms with Crippen molar-refractivity contribution in [3.63, 3.8) is 0 Å². The Balaban J connectivity index is 2.15. The second-order valence-electron chi connectivity index (χ2n) is 4.18. The molecule has 0 bridgehead atoms. The number of hydrogen-bond donors (Lipinski definition) is 3. The summed E-state index contributed by atoms with van der Waals surface area (Å²) < 4.78 is 5.57. The first kappa shape index (κ1) is 13.2. The van der Waals surface area contributed by atoms with E-state index in [1.54, 1.807) is 37.4 Å². The van der Waals surface area contributed by atoms with E-state index in [0.29, 0.717) is 17.0 Å². The van der Waals surface area contributed by atoms with Gasteiger partial charge in [0.25, 0.3) is 0 Å². The van der Waals surface area contributed by atoms with Crippen molar-refractivity contribution < 1.29 is 14.9 Å². The van der Waals surface area contributed by atoms with E-state index in [1.165, 1.54) is 0 Å². The third-order valence-electron chi connectivity index (χ3n) is 2.87. The van der Waals surface area contributed by atoms with Crippen LogP contribution in [0.3, 0.4) is 0 Å². The van der Waals surface area contributed by atoms with E-state index in [2.05, 4.69) is 4.98 Å². The van der Waals surface area contributed by atoms with Gasteiger partial charge in [-0.1, -0.05) is 0 Å². The molecule has 1 aromatic heterocycles. The lowest BCUT2D eigenvalue weighted by atomic mass is 10.1. The predicted molar refractivity (Wildman–Crippen MR) is 71.0 cm³/mol. The Bertz CT molecular complexity index is 568. The minimum atomic E-state index is 0.120. The maximum atomic E-state index is 9.88. The van der Waals surface area contributed by atoms with Crippen LogP contribution >= 0.6 is 0 Å². The van der Waals surface area contributed by atoms with Crippen LogP contribution in [0.2, 0.25) is 0 Å². The molecule has 19 heavy (non-hydrogen) atoms. The summed E-state index contributed by atoms with van der Waals surface area (Å²) in [6.07, 6.45) is 1.65. The third kappa shape index (κ3) is 2.95. The Kier molecular flexibility index (Phi) is 3.87. The Hall–Kier alpha value is -2.27. The van der Waals surface area contributed by atoms with Crippen molar-refractivity contribution in [3.05, 3.63) is 47.3 Å². The van der Waals surface area contributed by atoms with Gasteiger partial charge in [0.05, 0.1) is 5.69 Å². The van der Waals surface area contributed by atoms with Gasteiger partial charge in [0.15, 0.2) is 0 Å². The largest absolute Gasteiger partial charge is 0.508 e. The molecular formula is C14H16N2O3. The topological polar surface area (TPSA) is 88.6 Å². The number of aryl methyl sites for hydroxylation is 1. The van der Waals surface area contributed by atoms with Crippen LogP contribution in [0.5, 0.6) is 17.2 Å². The van der Waals surface area contributed by atoms with Crippen molar-refractivity contribution >= 4 is 0 Å². The molecule has 5 nitrogen and oxygen atoms in total. The normalized spacial score (nSPS) is 10.4. The number of aromatic hydroxyl groups is 2. The molecule has 0 amide bonds. The van der Waals surface area contributed by atoms with Crippen molar-refractivity contribution in [2.24, 2.45) is 5.73 Å². The minimum absolute atomic E-state index is 0.120. The molecule has 2 aromatic rings. The van der Waals surface area contributed by atoms with Gasteiger partial charge in [0, 0.05) is 23.9 Å².